The van der Waals surface area contributed by atoms with Crippen molar-refractivity contribution in [2.24, 2.45) is 10.3 Å². The summed E-state index contributed by atoms with van der Waals surface area (Å²) in [6.07, 6.45) is 0. The van der Waals surface area contributed by atoms with Crippen molar-refractivity contribution in [3.8, 4) is 0 Å². The van der Waals surface area contributed by atoms with E-state index in [9.17, 15) is 50.0 Å². The van der Waals surface area contributed by atoms with Gasteiger partial charge in [0.25, 0.3) is 21.5 Å². The first-order valence-corrected chi connectivity index (χ1v) is 16.5. The van der Waals surface area contributed by atoms with Gasteiger partial charge in [-0.05, 0) is 66.7 Å². The van der Waals surface area contributed by atoms with E-state index in [0.29, 0.717) is 11.4 Å². The number of rotatable bonds is 11. The van der Waals surface area contributed by atoms with E-state index >= 15 is 0 Å². The van der Waals surface area contributed by atoms with Gasteiger partial charge in [-0.25, -0.2) is 27.1 Å². The van der Waals surface area contributed by atoms with Crippen LogP contribution in [0.15, 0.2) is 93.5 Å². The number of primary sulfonamides is 2. The second-order valence-electron chi connectivity index (χ2n) is 9.10. The highest BCUT2D eigenvalue weighted by atomic mass is 32.2. The van der Waals surface area contributed by atoms with Crippen LogP contribution in [0.4, 0.5) is 45.5 Å². The minimum atomic E-state index is -4.86. The summed E-state index contributed by atoms with van der Waals surface area (Å²) in [6, 6.07) is 15.3. The number of nitro benzene ring substituents is 2. The molecule has 19 nitrogen and oxygen atoms in total. The van der Waals surface area contributed by atoms with Gasteiger partial charge < -0.3 is 22.1 Å². The van der Waals surface area contributed by atoms with Gasteiger partial charge in [-0.3, -0.25) is 24.8 Å². The molecule has 0 aliphatic heterocycles. The number of benzene rings is 4. The fraction of sp³-hybridized carbons (Fsp3) is 0. The number of nitrogens with two attached hydrogens (primary N) is 2. The Balaban J connectivity index is 0.00000576. The molecule has 0 saturated carbocycles. The third-order valence-corrected chi connectivity index (χ3v) is 8.69. The quantitative estimate of drug-likeness (QED) is 0.0670. The zero-order valence-corrected chi connectivity index (χ0v) is 25.5. The lowest BCUT2D eigenvalue weighted by Gasteiger charge is -2.14. The smallest absolute Gasteiger partial charge is 0.296 e. The van der Waals surface area contributed by atoms with Crippen molar-refractivity contribution in [1.29, 1.82) is 0 Å². The number of sulfonamides is 2. The maximum Gasteiger partial charge on any atom is 0.296 e. The predicted molar refractivity (Wildman–Crippen MR) is 167 cm³/mol. The number of anilines is 6. The van der Waals surface area contributed by atoms with Crippen molar-refractivity contribution >= 4 is 75.7 Å². The summed E-state index contributed by atoms with van der Waals surface area (Å²) in [5.74, 6) is 0. The molecule has 4 aromatic rings. The van der Waals surface area contributed by atoms with Crippen LogP contribution in [0.3, 0.4) is 0 Å². The van der Waals surface area contributed by atoms with Gasteiger partial charge in [0.15, 0.2) is 0 Å². The maximum absolute atomic E-state index is 12.2. The molecule has 0 heterocycles. The van der Waals surface area contributed by atoms with E-state index in [1.54, 1.807) is 0 Å². The SMILES string of the molecule is N.NS(=O)(=O)c1ccc(Nc2ccc(Nc3ccc(Nc4ccc(S(N)(=O)=O)cc4[N+](=O)[O-])cc3S(=O)(=O)O)cc2)c([N+](=O)[O-])c1. The predicted octanol–water partition coefficient (Wildman–Crippen LogP) is 3.44. The average molecular weight is 697 g/mol. The summed E-state index contributed by atoms with van der Waals surface area (Å²) in [7, 11) is -13.3. The minimum absolute atomic E-state index is 0. The molecule has 0 saturated heterocycles. The van der Waals surface area contributed by atoms with Gasteiger partial charge in [-0.15, -0.1) is 0 Å². The molecule has 0 aromatic heterocycles. The molecule has 0 fully saturated rings. The fourth-order valence-electron chi connectivity index (χ4n) is 3.91. The largest absolute Gasteiger partial charge is 0.354 e. The molecule has 244 valence electrons. The number of nitrogens with one attached hydrogen (secondary N) is 3. The Kier molecular flexibility index (Phi) is 9.97. The van der Waals surface area contributed by atoms with Crippen LogP contribution < -0.4 is 32.4 Å². The van der Waals surface area contributed by atoms with Crippen molar-refractivity contribution in [2.75, 3.05) is 16.0 Å². The lowest BCUT2D eigenvalue weighted by Crippen LogP contribution is -2.12. The van der Waals surface area contributed by atoms with Crippen LogP contribution in [-0.4, -0.2) is 39.7 Å². The monoisotopic (exact) mass is 696 g/mol. The molecule has 11 N–H and O–H groups in total. The molecule has 4 aromatic carbocycles. The van der Waals surface area contributed by atoms with Crippen molar-refractivity contribution in [3.05, 3.63) is 99.1 Å². The maximum atomic E-state index is 12.2. The average Bonchev–Trinajstić information content (AvgIpc) is 2.93. The summed E-state index contributed by atoms with van der Waals surface area (Å²) in [6.45, 7) is 0. The Labute approximate surface area is 261 Å². The highest BCUT2D eigenvalue weighted by Crippen LogP contribution is 2.34. The molecule has 0 bridgehead atoms. The zero-order chi connectivity index (χ0) is 33.3. The summed E-state index contributed by atoms with van der Waals surface area (Å²) >= 11 is 0. The van der Waals surface area contributed by atoms with E-state index in [1.807, 2.05) is 0 Å². The number of hydrogen-bond donors (Lipinski definition) is 7. The Morgan fingerprint density at radius 3 is 1.28 bits per heavy atom. The fourth-order valence-corrected chi connectivity index (χ4v) is 5.65. The van der Waals surface area contributed by atoms with Crippen LogP contribution in [-0.2, 0) is 30.2 Å². The van der Waals surface area contributed by atoms with Crippen molar-refractivity contribution in [2.45, 2.75) is 14.7 Å². The lowest BCUT2D eigenvalue weighted by atomic mass is 10.2. The van der Waals surface area contributed by atoms with Gasteiger partial charge in [-0.2, -0.15) is 8.42 Å². The second-order valence-corrected chi connectivity index (χ2v) is 13.6. The van der Waals surface area contributed by atoms with Crippen molar-refractivity contribution in [3.63, 3.8) is 0 Å². The van der Waals surface area contributed by atoms with Crippen LogP contribution in [0.1, 0.15) is 0 Å². The third kappa shape index (κ3) is 8.27. The summed E-state index contributed by atoms with van der Waals surface area (Å²) in [5, 5.41) is 41.3. The molecule has 22 heteroatoms. The second kappa shape index (κ2) is 13.0. The Morgan fingerprint density at radius 2 is 0.913 bits per heavy atom. The summed E-state index contributed by atoms with van der Waals surface area (Å²) < 4.78 is 80.5. The highest BCUT2D eigenvalue weighted by Gasteiger charge is 2.22. The molecule has 0 atom stereocenters. The van der Waals surface area contributed by atoms with Gasteiger partial charge >= 0.3 is 0 Å². The van der Waals surface area contributed by atoms with Crippen LogP contribution in [0.25, 0.3) is 0 Å². The number of hydrogen-bond acceptors (Lipinski definition) is 14. The van der Waals surface area contributed by atoms with E-state index in [4.69, 9.17) is 10.3 Å². The number of nitro groups is 2. The Bertz CT molecular complexity index is 2180. The number of nitrogens with zero attached hydrogens (tertiary/aromatic N) is 2. The Morgan fingerprint density at radius 1 is 0.565 bits per heavy atom. The van der Waals surface area contributed by atoms with E-state index in [-0.39, 0.29) is 28.9 Å². The Hall–Kier alpha value is -5.23. The first kappa shape index (κ1) is 35.3. The summed E-state index contributed by atoms with van der Waals surface area (Å²) in [5.41, 5.74) is -0.943. The van der Waals surface area contributed by atoms with E-state index in [1.165, 1.54) is 42.5 Å². The first-order chi connectivity index (χ1) is 20.8. The molecule has 0 aliphatic rings. The van der Waals surface area contributed by atoms with Crippen LogP contribution in [0, 0.1) is 20.2 Å². The highest BCUT2D eigenvalue weighted by molar-refractivity contribution is 7.89. The van der Waals surface area contributed by atoms with Crippen LogP contribution in [0.5, 0.6) is 0 Å². The normalized spacial score (nSPS) is 11.6. The topological polar surface area (TPSA) is 332 Å². The molecular formula is C24H24N8O11S3. The van der Waals surface area contributed by atoms with Gasteiger partial charge in [-0.1, -0.05) is 0 Å². The van der Waals surface area contributed by atoms with Crippen LogP contribution >= 0.6 is 0 Å². The molecule has 0 unspecified atom stereocenters. The van der Waals surface area contributed by atoms with Crippen molar-refractivity contribution in [1.82, 2.24) is 6.15 Å². The van der Waals surface area contributed by atoms with E-state index in [0.717, 1.165) is 36.4 Å². The third-order valence-electron chi connectivity index (χ3n) is 5.97. The molecule has 0 aliphatic carbocycles. The minimum Gasteiger partial charge on any atom is -0.354 e. The molecule has 0 amide bonds. The summed E-state index contributed by atoms with van der Waals surface area (Å²) in [4.78, 5) is 19.7. The van der Waals surface area contributed by atoms with Gasteiger partial charge in [0.1, 0.15) is 16.3 Å². The molecular weight excluding hydrogens is 673 g/mol. The first-order valence-electron chi connectivity index (χ1n) is 12.0. The van der Waals surface area contributed by atoms with Crippen molar-refractivity contribution < 1.29 is 39.7 Å². The van der Waals surface area contributed by atoms with Crippen LogP contribution in [0.2, 0.25) is 0 Å². The zero-order valence-electron chi connectivity index (χ0n) is 23.0. The molecule has 46 heavy (non-hydrogen) atoms. The van der Waals surface area contributed by atoms with Gasteiger partial charge in [0.05, 0.1) is 25.3 Å². The molecule has 0 spiro atoms. The standard InChI is InChI=1S/C24H21N7O11S3.H3N/c25-43(36,37)17-6-9-19(22(12-17)30(32)33)27-14-1-3-15(4-2-14)28-21-8-5-16(11-24(21)45(40,41)42)29-20-10-7-18(44(26,38)39)13-23(20)31(34)35;/h1-13,27-29H,(H2,25,36,37)(H2,26,38,39)(H,40,41,42);1H3. The molecule has 4 rings (SSSR count). The van der Waals surface area contributed by atoms with E-state index < -0.39 is 66.1 Å². The lowest BCUT2D eigenvalue weighted by molar-refractivity contribution is -0.384. The molecule has 0 radical (unpaired) electrons. The van der Waals surface area contributed by atoms with E-state index in [2.05, 4.69) is 16.0 Å². The van der Waals surface area contributed by atoms with Gasteiger partial charge in [0, 0.05) is 29.2 Å². The van der Waals surface area contributed by atoms with Gasteiger partial charge in [0.2, 0.25) is 20.0 Å².